The maximum Gasteiger partial charge on any atom is 0.407 e. The number of nitrogens with zero attached hydrogens (tertiary/aromatic N) is 6. The molecule has 324 valence electrons. The van der Waals surface area contributed by atoms with Gasteiger partial charge in [0.15, 0.2) is 0 Å². The summed E-state index contributed by atoms with van der Waals surface area (Å²) in [4.78, 5) is 64.1. The summed E-state index contributed by atoms with van der Waals surface area (Å²) in [5.41, 5.74) is 6.71. The van der Waals surface area contributed by atoms with Crippen molar-refractivity contribution in [2.24, 2.45) is 0 Å². The number of carboxylic acid groups (broad SMARTS) is 1. The van der Waals surface area contributed by atoms with Crippen LogP contribution in [0, 0.1) is 0 Å². The molecule has 13 nitrogen and oxygen atoms in total. The Kier molecular flexibility index (Phi) is 11.7. The van der Waals surface area contributed by atoms with Crippen LogP contribution in [0.25, 0.3) is 33.6 Å². The summed E-state index contributed by atoms with van der Waals surface area (Å²) in [7, 11) is 1.43. The molecular weight excluding hydrogens is 793 g/mol. The van der Waals surface area contributed by atoms with Gasteiger partial charge in [-0.05, 0) is 78.8 Å². The molecule has 5 heterocycles. The number of rotatable bonds is 11. The molecule has 0 unspecified atom stereocenters. The first-order valence-electron chi connectivity index (χ1n) is 22.0. The molecule has 13 heteroatoms. The zero-order valence-electron chi connectivity index (χ0n) is 35.7. The highest BCUT2D eigenvalue weighted by atomic mass is 16.4. The van der Waals surface area contributed by atoms with E-state index in [1.807, 2.05) is 66.6 Å². The molecule has 2 aromatic heterocycles. The molecule has 0 saturated carbocycles. The number of imidazole rings is 2. The number of carbonyl (C=O) groups is 3. The SMILES string of the molecule is CN(C(=O)O)[C@@H](C(=O)N1CCC[C@H]1c1ncc(-c2ccc(-c3ccc(-c4cnc([C@@H]5CCCN5C(=O)[C@@H](c5ccccc5)N5CCC(C)(O)CC5)[nH]4)cc3)cc2)[nH]1)c1ccccc1. The molecule has 0 bridgehead atoms. The Bertz CT molecular complexity index is 2530. The molecule has 4 N–H and O–H groups in total. The van der Waals surface area contributed by atoms with E-state index >= 15 is 0 Å². The molecule has 3 saturated heterocycles. The topological polar surface area (TPSA) is 162 Å². The van der Waals surface area contributed by atoms with Gasteiger partial charge in [0.2, 0.25) is 5.91 Å². The van der Waals surface area contributed by atoms with Crippen LogP contribution in [0.5, 0.6) is 0 Å². The van der Waals surface area contributed by atoms with E-state index < -0.39 is 23.8 Å². The highest BCUT2D eigenvalue weighted by Crippen LogP contribution is 2.39. The van der Waals surface area contributed by atoms with Gasteiger partial charge in [0, 0.05) is 33.2 Å². The van der Waals surface area contributed by atoms with Crippen LogP contribution < -0.4 is 0 Å². The predicted molar refractivity (Wildman–Crippen MR) is 240 cm³/mol. The van der Waals surface area contributed by atoms with Crippen molar-refractivity contribution in [1.82, 2.24) is 39.5 Å². The molecule has 3 fully saturated rings. The Labute approximate surface area is 367 Å². The number of hydrogen-bond donors (Lipinski definition) is 4. The van der Waals surface area contributed by atoms with Crippen LogP contribution in [0.1, 0.15) is 92.4 Å². The molecular formula is C50H54N8O5. The van der Waals surface area contributed by atoms with Crippen LogP contribution >= 0.6 is 0 Å². The Morgan fingerprint density at radius 1 is 0.651 bits per heavy atom. The van der Waals surface area contributed by atoms with E-state index in [1.54, 1.807) is 23.2 Å². The average Bonchev–Trinajstić information content (AvgIpc) is 4.15. The van der Waals surface area contributed by atoms with Crippen molar-refractivity contribution in [2.75, 3.05) is 33.2 Å². The molecule has 3 amide bonds. The molecule has 3 aliphatic rings. The maximum atomic E-state index is 14.5. The number of carbonyl (C=O) groups excluding carboxylic acids is 2. The van der Waals surface area contributed by atoms with E-state index in [0.717, 1.165) is 75.6 Å². The number of likely N-dealkylation sites (N-methyl/N-ethyl adjacent to an activating group) is 1. The maximum absolute atomic E-state index is 14.5. The first-order valence-corrected chi connectivity index (χ1v) is 22.0. The van der Waals surface area contributed by atoms with Crippen molar-refractivity contribution in [2.45, 2.75) is 75.2 Å². The fourth-order valence-electron chi connectivity index (χ4n) is 9.62. The lowest BCUT2D eigenvalue weighted by molar-refractivity contribution is -0.140. The van der Waals surface area contributed by atoms with Gasteiger partial charge in [-0.1, -0.05) is 109 Å². The fraction of sp³-hybridized carbons (Fsp3) is 0.340. The lowest BCUT2D eigenvalue weighted by Crippen LogP contribution is -2.49. The van der Waals surface area contributed by atoms with Gasteiger partial charge in [0.25, 0.3) is 5.91 Å². The molecule has 0 spiro atoms. The standard InChI is InChI=1S/C50H54N8O5/c1-50(63)25-29-56(30-26-50)44(38-13-7-4-8-14-38)48(60)58-28-10-16-42(58)46-52-32-40(54-46)36-23-19-34(20-24-36)33-17-21-35(22-18-33)39-31-51-45(53-39)41-15-9-27-57(41)47(59)43(55(2)49(61)62)37-11-5-3-6-12-37/h3-8,11-14,17-24,31-32,41-44,63H,9-10,15-16,25-30H2,1-2H3,(H,51,53)(H,52,54)(H,61,62)/t41-,42-,43+,44+/m0/s1. The van der Waals surface area contributed by atoms with Crippen molar-refractivity contribution in [3.63, 3.8) is 0 Å². The zero-order chi connectivity index (χ0) is 43.7. The monoisotopic (exact) mass is 846 g/mol. The minimum Gasteiger partial charge on any atom is -0.465 e. The van der Waals surface area contributed by atoms with E-state index in [9.17, 15) is 24.6 Å². The molecule has 3 aliphatic heterocycles. The molecule has 63 heavy (non-hydrogen) atoms. The Balaban J connectivity index is 0.863. The van der Waals surface area contributed by atoms with E-state index in [4.69, 9.17) is 9.97 Å². The predicted octanol–water partition coefficient (Wildman–Crippen LogP) is 8.40. The number of amides is 3. The van der Waals surface area contributed by atoms with E-state index in [-0.39, 0.29) is 23.9 Å². The van der Waals surface area contributed by atoms with Gasteiger partial charge >= 0.3 is 6.09 Å². The van der Waals surface area contributed by atoms with Crippen LogP contribution in [0.15, 0.2) is 122 Å². The molecule has 6 aromatic rings. The molecule has 0 radical (unpaired) electrons. The van der Waals surface area contributed by atoms with Gasteiger partial charge in [-0.25, -0.2) is 14.8 Å². The lowest BCUT2D eigenvalue weighted by atomic mass is 9.91. The Hall–Kier alpha value is -6.57. The van der Waals surface area contributed by atoms with Gasteiger partial charge in [-0.2, -0.15) is 0 Å². The Morgan fingerprint density at radius 2 is 1.10 bits per heavy atom. The second-order valence-corrected chi connectivity index (χ2v) is 17.5. The van der Waals surface area contributed by atoms with E-state index in [0.29, 0.717) is 50.4 Å². The normalized spacial score (nSPS) is 19.8. The van der Waals surface area contributed by atoms with Crippen molar-refractivity contribution in [3.8, 4) is 33.6 Å². The third kappa shape index (κ3) is 8.63. The molecule has 4 atom stereocenters. The van der Waals surface area contributed by atoms with Crippen LogP contribution in [-0.4, -0.2) is 106 Å². The van der Waals surface area contributed by atoms with Crippen molar-refractivity contribution in [1.29, 1.82) is 0 Å². The van der Waals surface area contributed by atoms with Gasteiger partial charge in [-0.15, -0.1) is 0 Å². The number of piperidine rings is 1. The largest absolute Gasteiger partial charge is 0.465 e. The van der Waals surface area contributed by atoms with Crippen molar-refractivity contribution >= 4 is 17.9 Å². The fourth-order valence-corrected chi connectivity index (χ4v) is 9.62. The zero-order valence-corrected chi connectivity index (χ0v) is 35.7. The van der Waals surface area contributed by atoms with Gasteiger partial charge < -0.3 is 30.0 Å². The van der Waals surface area contributed by atoms with E-state index in [1.165, 1.54) is 7.05 Å². The number of H-pyrrole nitrogens is 2. The number of aromatic amines is 2. The number of hydrogen-bond acceptors (Lipinski definition) is 7. The smallest absolute Gasteiger partial charge is 0.407 e. The average molecular weight is 847 g/mol. The van der Waals surface area contributed by atoms with Gasteiger partial charge in [0.1, 0.15) is 23.7 Å². The minimum atomic E-state index is -1.17. The summed E-state index contributed by atoms with van der Waals surface area (Å²) in [6.45, 7) is 4.39. The second kappa shape index (κ2) is 17.7. The minimum absolute atomic E-state index is 0.0823. The summed E-state index contributed by atoms with van der Waals surface area (Å²) in [6, 6.07) is 33.9. The quantitative estimate of drug-likeness (QED) is 0.101. The third-order valence-corrected chi connectivity index (χ3v) is 13.2. The summed E-state index contributed by atoms with van der Waals surface area (Å²) in [5, 5.41) is 20.5. The highest BCUT2D eigenvalue weighted by molar-refractivity contribution is 5.87. The second-order valence-electron chi connectivity index (χ2n) is 17.5. The number of benzene rings is 4. The summed E-state index contributed by atoms with van der Waals surface area (Å²) in [6.07, 6.45) is 7.01. The first kappa shape index (κ1) is 41.8. The lowest BCUT2D eigenvalue weighted by Gasteiger charge is -2.41. The third-order valence-electron chi connectivity index (χ3n) is 13.2. The van der Waals surface area contributed by atoms with Crippen LogP contribution in [0.3, 0.4) is 0 Å². The first-order chi connectivity index (χ1) is 30.5. The summed E-state index contributed by atoms with van der Waals surface area (Å²) >= 11 is 0. The number of aromatic nitrogens is 4. The summed E-state index contributed by atoms with van der Waals surface area (Å²) < 4.78 is 0. The number of aliphatic hydroxyl groups is 1. The Morgan fingerprint density at radius 3 is 1.57 bits per heavy atom. The van der Waals surface area contributed by atoms with Crippen LogP contribution in [0.2, 0.25) is 0 Å². The van der Waals surface area contributed by atoms with Gasteiger partial charge in [0.05, 0.1) is 41.5 Å². The number of likely N-dealkylation sites (tertiary alicyclic amines) is 3. The highest BCUT2D eigenvalue weighted by Gasteiger charge is 2.42. The molecule has 9 rings (SSSR count). The number of nitrogens with one attached hydrogen (secondary N) is 2. The van der Waals surface area contributed by atoms with Crippen LogP contribution in [0.4, 0.5) is 4.79 Å². The van der Waals surface area contributed by atoms with Gasteiger partial charge in [-0.3, -0.25) is 19.4 Å². The summed E-state index contributed by atoms with van der Waals surface area (Å²) in [5.74, 6) is 1.29. The van der Waals surface area contributed by atoms with Crippen molar-refractivity contribution < 1.29 is 24.6 Å². The molecule has 0 aliphatic carbocycles. The van der Waals surface area contributed by atoms with Crippen LogP contribution in [-0.2, 0) is 9.59 Å². The molecule has 4 aromatic carbocycles. The van der Waals surface area contributed by atoms with Crippen molar-refractivity contribution in [3.05, 3.63) is 144 Å². The van der Waals surface area contributed by atoms with E-state index in [2.05, 4.69) is 63.4 Å².